The Bertz CT molecular complexity index is 659. The zero-order valence-corrected chi connectivity index (χ0v) is 11.1. The molecule has 0 aliphatic carbocycles. The van der Waals surface area contributed by atoms with E-state index >= 15 is 0 Å². The summed E-state index contributed by atoms with van der Waals surface area (Å²) in [5.74, 6) is -0.706. The Labute approximate surface area is 120 Å². The molecule has 0 aliphatic rings. The summed E-state index contributed by atoms with van der Waals surface area (Å²) in [6.07, 6.45) is 0. The summed E-state index contributed by atoms with van der Waals surface area (Å²) < 4.78 is 28.5. The number of benzene rings is 2. The lowest BCUT2D eigenvalue weighted by atomic mass is 10.1. The van der Waals surface area contributed by atoms with Gasteiger partial charge < -0.3 is 15.2 Å². The van der Waals surface area contributed by atoms with Crippen LogP contribution in [0.25, 0.3) is 0 Å². The summed E-state index contributed by atoms with van der Waals surface area (Å²) in [5.41, 5.74) is 1.23. The van der Waals surface area contributed by atoms with Gasteiger partial charge in [-0.3, -0.25) is 4.79 Å². The second kappa shape index (κ2) is 6.21. The number of aryl methyl sites for hydroxylation is 1. The number of alkyl halides is 2. The molecule has 2 rings (SSSR count). The minimum Gasteiger partial charge on any atom is -0.506 e. The van der Waals surface area contributed by atoms with Crippen molar-refractivity contribution in [2.45, 2.75) is 13.5 Å². The van der Waals surface area contributed by atoms with Gasteiger partial charge in [0.15, 0.2) is 0 Å². The molecule has 2 aromatic carbocycles. The molecule has 0 aliphatic heterocycles. The Kier molecular flexibility index (Phi) is 4.37. The van der Waals surface area contributed by atoms with Gasteiger partial charge in [0.2, 0.25) is 0 Å². The molecule has 0 fully saturated rings. The molecule has 4 nitrogen and oxygen atoms in total. The van der Waals surface area contributed by atoms with Gasteiger partial charge in [-0.1, -0.05) is 12.1 Å². The van der Waals surface area contributed by atoms with Crippen LogP contribution in [-0.4, -0.2) is 17.6 Å². The van der Waals surface area contributed by atoms with Gasteiger partial charge in [0, 0.05) is 5.56 Å². The lowest BCUT2D eigenvalue weighted by molar-refractivity contribution is -0.0498. The normalized spacial score (nSPS) is 10.5. The molecule has 6 heteroatoms. The van der Waals surface area contributed by atoms with E-state index in [1.807, 2.05) is 0 Å². The molecular weight excluding hydrogens is 280 g/mol. The number of carbonyl (C=O) groups is 1. The van der Waals surface area contributed by atoms with Crippen molar-refractivity contribution in [2.24, 2.45) is 0 Å². The fraction of sp³-hybridized carbons (Fsp3) is 0.133. The smallest absolute Gasteiger partial charge is 0.387 e. The molecule has 0 spiro atoms. The quantitative estimate of drug-likeness (QED) is 0.847. The average Bonchev–Trinajstić information content (AvgIpc) is 2.41. The Morgan fingerprint density at radius 1 is 1.24 bits per heavy atom. The number of amides is 1. The highest BCUT2D eigenvalue weighted by atomic mass is 19.3. The molecule has 0 saturated carbocycles. The number of ether oxygens (including phenoxy) is 1. The number of phenols is 1. The van der Waals surface area contributed by atoms with Crippen LogP contribution in [0.3, 0.4) is 0 Å². The Morgan fingerprint density at radius 3 is 2.67 bits per heavy atom. The van der Waals surface area contributed by atoms with E-state index in [1.54, 1.807) is 19.1 Å². The Hall–Kier alpha value is -2.63. The average molecular weight is 293 g/mol. The van der Waals surface area contributed by atoms with Crippen molar-refractivity contribution >= 4 is 11.6 Å². The van der Waals surface area contributed by atoms with Crippen molar-refractivity contribution in [3.8, 4) is 11.5 Å². The number of hydrogen-bond donors (Lipinski definition) is 2. The molecule has 0 radical (unpaired) electrons. The SMILES string of the molecule is Cc1ccc(NC(=O)c2cccc(OC(F)F)c2)c(O)c1. The lowest BCUT2D eigenvalue weighted by Crippen LogP contribution is -2.12. The van der Waals surface area contributed by atoms with Gasteiger partial charge in [-0.15, -0.1) is 0 Å². The summed E-state index contributed by atoms with van der Waals surface area (Å²) in [5, 5.41) is 12.2. The minimum atomic E-state index is -2.95. The van der Waals surface area contributed by atoms with E-state index in [4.69, 9.17) is 0 Å². The van der Waals surface area contributed by atoms with Crippen LogP contribution in [0, 0.1) is 6.92 Å². The van der Waals surface area contributed by atoms with E-state index in [1.165, 1.54) is 30.3 Å². The second-order valence-electron chi connectivity index (χ2n) is 4.38. The van der Waals surface area contributed by atoms with Gasteiger partial charge in [0.05, 0.1) is 5.69 Å². The predicted octanol–water partition coefficient (Wildman–Crippen LogP) is 3.55. The van der Waals surface area contributed by atoms with Crippen molar-refractivity contribution in [3.05, 3.63) is 53.6 Å². The number of nitrogens with one attached hydrogen (secondary N) is 1. The third-order valence-corrected chi connectivity index (χ3v) is 2.72. The standard InChI is InChI=1S/C15H13F2NO3/c1-9-5-6-12(13(19)7-9)18-14(20)10-3-2-4-11(8-10)21-15(16)17/h2-8,15,19H,1H3,(H,18,20). The third kappa shape index (κ3) is 3.92. The van der Waals surface area contributed by atoms with Gasteiger partial charge in [0.1, 0.15) is 11.5 Å². The zero-order chi connectivity index (χ0) is 15.4. The van der Waals surface area contributed by atoms with Crippen LogP contribution >= 0.6 is 0 Å². The fourth-order valence-corrected chi connectivity index (χ4v) is 1.76. The number of carbonyl (C=O) groups excluding carboxylic acids is 1. The number of anilines is 1. The lowest BCUT2D eigenvalue weighted by Gasteiger charge is -2.09. The molecule has 0 heterocycles. The third-order valence-electron chi connectivity index (χ3n) is 2.72. The van der Waals surface area contributed by atoms with E-state index in [9.17, 15) is 18.7 Å². The fourth-order valence-electron chi connectivity index (χ4n) is 1.76. The zero-order valence-electron chi connectivity index (χ0n) is 11.1. The van der Waals surface area contributed by atoms with Gasteiger partial charge in [0.25, 0.3) is 5.91 Å². The van der Waals surface area contributed by atoms with Crippen molar-refractivity contribution in [3.63, 3.8) is 0 Å². The highest BCUT2D eigenvalue weighted by molar-refractivity contribution is 6.05. The van der Waals surface area contributed by atoms with Crippen molar-refractivity contribution in [1.29, 1.82) is 0 Å². The number of halogens is 2. The molecule has 2 aromatic rings. The first-order chi connectivity index (χ1) is 9.95. The van der Waals surface area contributed by atoms with E-state index < -0.39 is 12.5 Å². The number of hydrogen-bond acceptors (Lipinski definition) is 3. The monoisotopic (exact) mass is 293 g/mol. The first-order valence-corrected chi connectivity index (χ1v) is 6.11. The summed E-state index contributed by atoms with van der Waals surface area (Å²) in [7, 11) is 0. The van der Waals surface area contributed by atoms with Gasteiger partial charge in [-0.2, -0.15) is 8.78 Å². The molecule has 1 amide bonds. The topological polar surface area (TPSA) is 58.6 Å². The van der Waals surface area contributed by atoms with E-state index in [2.05, 4.69) is 10.1 Å². The van der Waals surface area contributed by atoms with Crippen LogP contribution in [0.5, 0.6) is 11.5 Å². The molecule has 0 bridgehead atoms. The van der Waals surface area contributed by atoms with Crippen LogP contribution in [0.1, 0.15) is 15.9 Å². The molecule has 0 aromatic heterocycles. The maximum absolute atomic E-state index is 12.1. The first kappa shape index (κ1) is 14.8. The molecular formula is C15H13F2NO3. The van der Waals surface area contributed by atoms with Crippen LogP contribution in [-0.2, 0) is 0 Å². The number of phenolic OH excluding ortho intramolecular Hbond substituents is 1. The number of rotatable bonds is 4. The minimum absolute atomic E-state index is 0.0664. The largest absolute Gasteiger partial charge is 0.506 e. The molecule has 110 valence electrons. The van der Waals surface area contributed by atoms with Gasteiger partial charge in [-0.05, 0) is 42.8 Å². The van der Waals surface area contributed by atoms with Crippen LogP contribution < -0.4 is 10.1 Å². The summed E-state index contributed by atoms with van der Waals surface area (Å²) >= 11 is 0. The Balaban J connectivity index is 2.16. The molecule has 21 heavy (non-hydrogen) atoms. The summed E-state index contributed by atoms with van der Waals surface area (Å²) in [4.78, 5) is 12.0. The summed E-state index contributed by atoms with van der Waals surface area (Å²) in [6.45, 7) is -1.15. The highest BCUT2D eigenvalue weighted by Crippen LogP contribution is 2.25. The molecule has 0 unspecified atom stereocenters. The maximum atomic E-state index is 12.1. The summed E-state index contributed by atoms with van der Waals surface area (Å²) in [6, 6.07) is 10.2. The van der Waals surface area contributed by atoms with Crippen LogP contribution in [0.4, 0.5) is 14.5 Å². The van der Waals surface area contributed by atoms with Crippen LogP contribution in [0.2, 0.25) is 0 Å². The van der Waals surface area contributed by atoms with E-state index in [-0.39, 0.29) is 22.7 Å². The highest BCUT2D eigenvalue weighted by Gasteiger charge is 2.11. The Morgan fingerprint density at radius 2 is 2.00 bits per heavy atom. The first-order valence-electron chi connectivity index (χ1n) is 6.11. The number of aromatic hydroxyl groups is 1. The van der Waals surface area contributed by atoms with Gasteiger partial charge in [-0.25, -0.2) is 0 Å². The second-order valence-corrected chi connectivity index (χ2v) is 4.38. The molecule has 2 N–H and O–H groups in total. The van der Waals surface area contributed by atoms with Crippen LogP contribution in [0.15, 0.2) is 42.5 Å². The molecule has 0 saturated heterocycles. The van der Waals surface area contributed by atoms with Crippen molar-refractivity contribution in [2.75, 3.05) is 5.32 Å². The van der Waals surface area contributed by atoms with Crippen molar-refractivity contribution < 1.29 is 23.4 Å². The van der Waals surface area contributed by atoms with Gasteiger partial charge >= 0.3 is 6.61 Å². The van der Waals surface area contributed by atoms with E-state index in [0.29, 0.717) is 0 Å². The van der Waals surface area contributed by atoms with E-state index in [0.717, 1.165) is 5.56 Å². The molecule has 0 atom stereocenters. The predicted molar refractivity (Wildman–Crippen MR) is 73.9 cm³/mol. The maximum Gasteiger partial charge on any atom is 0.387 e. The van der Waals surface area contributed by atoms with Crippen molar-refractivity contribution in [1.82, 2.24) is 0 Å².